The van der Waals surface area contributed by atoms with Crippen molar-refractivity contribution in [2.75, 3.05) is 60.0 Å². The highest BCUT2D eigenvalue weighted by Gasteiger charge is 2.27. The second kappa shape index (κ2) is 9.78. The third-order valence-corrected chi connectivity index (χ3v) is 5.61. The van der Waals surface area contributed by atoms with Gasteiger partial charge in [-0.1, -0.05) is 18.9 Å². The SMILES string of the molecule is COc1cccc(C(=O)N2CCN(CC(=O)N3CCCCCC3)CC2)c1OC. The molecule has 3 rings (SSSR count). The van der Waals surface area contributed by atoms with Crippen molar-refractivity contribution >= 4 is 11.8 Å². The monoisotopic (exact) mass is 389 g/mol. The van der Waals surface area contributed by atoms with E-state index < -0.39 is 0 Å². The summed E-state index contributed by atoms with van der Waals surface area (Å²) in [6, 6.07) is 5.34. The molecule has 2 aliphatic heterocycles. The van der Waals surface area contributed by atoms with E-state index in [9.17, 15) is 9.59 Å². The van der Waals surface area contributed by atoms with Gasteiger partial charge < -0.3 is 19.3 Å². The number of para-hydroxylation sites is 1. The largest absolute Gasteiger partial charge is 0.493 e. The van der Waals surface area contributed by atoms with Crippen molar-refractivity contribution in [2.24, 2.45) is 0 Å². The lowest BCUT2D eigenvalue weighted by Crippen LogP contribution is -2.51. The molecule has 28 heavy (non-hydrogen) atoms. The number of piperazine rings is 1. The molecule has 0 N–H and O–H groups in total. The molecule has 1 aromatic carbocycles. The van der Waals surface area contributed by atoms with Gasteiger partial charge in [-0.15, -0.1) is 0 Å². The number of carbonyl (C=O) groups excluding carboxylic acids is 2. The van der Waals surface area contributed by atoms with Gasteiger partial charge >= 0.3 is 0 Å². The lowest BCUT2D eigenvalue weighted by molar-refractivity contribution is -0.132. The van der Waals surface area contributed by atoms with Crippen molar-refractivity contribution < 1.29 is 19.1 Å². The quantitative estimate of drug-likeness (QED) is 0.769. The number of likely N-dealkylation sites (tertiary alicyclic amines) is 1. The van der Waals surface area contributed by atoms with Gasteiger partial charge in [-0.3, -0.25) is 14.5 Å². The highest BCUT2D eigenvalue weighted by Crippen LogP contribution is 2.31. The predicted molar refractivity (Wildman–Crippen MR) is 107 cm³/mol. The number of methoxy groups -OCH3 is 2. The average Bonchev–Trinajstić information content (AvgIpc) is 3.02. The van der Waals surface area contributed by atoms with Gasteiger partial charge in [-0.25, -0.2) is 0 Å². The summed E-state index contributed by atoms with van der Waals surface area (Å²) in [6.07, 6.45) is 4.66. The van der Waals surface area contributed by atoms with E-state index in [0.29, 0.717) is 49.8 Å². The van der Waals surface area contributed by atoms with Crippen LogP contribution in [0.25, 0.3) is 0 Å². The summed E-state index contributed by atoms with van der Waals surface area (Å²) in [6.45, 7) is 4.83. The first-order valence-corrected chi connectivity index (χ1v) is 10.1. The molecule has 0 atom stereocenters. The van der Waals surface area contributed by atoms with Crippen LogP contribution in [0.4, 0.5) is 0 Å². The van der Waals surface area contributed by atoms with Crippen LogP contribution >= 0.6 is 0 Å². The molecule has 0 saturated carbocycles. The Balaban J connectivity index is 1.55. The molecule has 7 nitrogen and oxygen atoms in total. The van der Waals surface area contributed by atoms with Gasteiger partial charge in [0.25, 0.3) is 5.91 Å². The molecule has 0 aliphatic carbocycles. The van der Waals surface area contributed by atoms with E-state index in [2.05, 4.69) is 4.90 Å². The zero-order chi connectivity index (χ0) is 19.9. The van der Waals surface area contributed by atoms with Gasteiger partial charge in [0.1, 0.15) is 0 Å². The van der Waals surface area contributed by atoms with E-state index in [1.54, 1.807) is 32.4 Å². The van der Waals surface area contributed by atoms with Gasteiger partial charge in [0.2, 0.25) is 5.91 Å². The molecule has 0 bridgehead atoms. The highest BCUT2D eigenvalue weighted by atomic mass is 16.5. The molecule has 7 heteroatoms. The van der Waals surface area contributed by atoms with E-state index in [1.165, 1.54) is 12.8 Å². The molecule has 0 radical (unpaired) electrons. The highest BCUT2D eigenvalue weighted by molar-refractivity contribution is 5.98. The fourth-order valence-corrected chi connectivity index (χ4v) is 3.95. The standard InChI is InChI=1S/C21H31N3O4/c1-27-18-9-7-8-17(20(18)28-2)21(26)24-14-12-22(13-15-24)16-19(25)23-10-5-3-4-6-11-23/h7-9H,3-6,10-16H2,1-2H3. The van der Waals surface area contributed by atoms with Gasteiger partial charge in [0.05, 0.1) is 26.3 Å². The maximum absolute atomic E-state index is 13.0. The summed E-state index contributed by atoms with van der Waals surface area (Å²) < 4.78 is 10.7. The zero-order valence-electron chi connectivity index (χ0n) is 17.0. The molecule has 2 fully saturated rings. The number of ether oxygens (including phenoxy) is 2. The number of rotatable bonds is 5. The first-order valence-electron chi connectivity index (χ1n) is 10.1. The molecule has 1 aromatic rings. The van der Waals surface area contributed by atoms with E-state index in [-0.39, 0.29) is 11.8 Å². The van der Waals surface area contributed by atoms with Crippen molar-refractivity contribution in [2.45, 2.75) is 25.7 Å². The minimum Gasteiger partial charge on any atom is -0.493 e. The minimum atomic E-state index is -0.0609. The Bertz CT molecular complexity index is 678. The summed E-state index contributed by atoms with van der Waals surface area (Å²) in [5.74, 6) is 1.18. The van der Waals surface area contributed by atoms with Crippen LogP contribution in [-0.4, -0.2) is 86.5 Å². The molecule has 0 spiro atoms. The van der Waals surface area contributed by atoms with Crippen molar-refractivity contribution in [1.82, 2.24) is 14.7 Å². The lowest BCUT2D eigenvalue weighted by atomic mass is 10.1. The van der Waals surface area contributed by atoms with Gasteiger partial charge in [-0.05, 0) is 25.0 Å². The predicted octanol–water partition coefficient (Wildman–Crippen LogP) is 1.86. The first kappa shape index (κ1) is 20.5. The molecule has 0 unspecified atom stereocenters. The van der Waals surface area contributed by atoms with E-state index in [0.717, 1.165) is 25.9 Å². The van der Waals surface area contributed by atoms with Gasteiger partial charge in [0, 0.05) is 39.3 Å². The lowest BCUT2D eigenvalue weighted by Gasteiger charge is -2.35. The zero-order valence-corrected chi connectivity index (χ0v) is 17.0. The molecular weight excluding hydrogens is 358 g/mol. The fraction of sp³-hybridized carbons (Fsp3) is 0.619. The Morgan fingerprint density at radius 3 is 2.14 bits per heavy atom. The number of hydrogen-bond acceptors (Lipinski definition) is 5. The molecule has 2 saturated heterocycles. The molecule has 2 aliphatic rings. The van der Waals surface area contributed by atoms with Gasteiger partial charge in [0.15, 0.2) is 11.5 Å². The second-order valence-corrected chi connectivity index (χ2v) is 7.40. The van der Waals surface area contributed by atoms with Crippen LogP contribution in [-0.2, 0) is 4.79 Å². The normalized spacial score (nSPS) is 18.5. The van der Waals surface area contributed by atoms with Crippen LogP contribution in [0, 0.1) is 0 Å². The average molecular weight is 389 g/mol. The summed E-state index contributed by atoms with van der Waals surface area (Å²) in [5.41, 5.74) is 0.510. The molecule has 154 valence electrons. The molecular formula is C21H31N3O4. The third-order valence-electron chi connectivity index (χ3n) is 5.61. The number of nitrogens with zero attached hydrogens (tertiary/aromatic N) is 3. The van der Waals surface area contributed by atoms with E-state index in [4.69, 9.17) is 9.47 Å². The Morgan fingerprint density at radius 1 is 0.857 bits per heavy atom. The Hall–Kier alpha value is -2.28. The summed E-state index contributed by atoms with van der Waals surface area (Å²) in [7, 11) is 3.10. The molecule has 0 aromatic heterocycles. The molecule has 2 heterocycles. The number of hydrogen-bond donors (Lipinski definition) is 0. The Morgan fingerprint density at radius 2 is 1.54 bits per heavy atom. The summed E-state index contributed by atoms with van der Waals surface area (Å²) >= 11 is 0. The minimum absolute atomic E-state index is 0.0609. The Kier molecular flexibility index (Phi) is 7.14. The van der Waals surface area contributed by atoms with Crippen LogP contribution in [0.15, 0.2) is 18.2 Å². The number of carbonyl (C=O) groups is 2. The van der Waals surface area contributed by atoms with Crippen LogP contribution in [0.3, 0.4) is 0 Å². The van der Waals surface area contributed by atoms with Gasteiger partial charge in [-0.2, -0.15) is 0 Å². The van der Waals surface area contributed by atoms with E-state index in [1.807, 2.05) is 9.80 Å². The van der Waals surface area contributed by atoms with Crippen molar-refractivity contribution in [3.05, 3.63) is 23.8 Å². The summed E-state index contributed by atoms with van der Waals surface area (Å²) in [4.78, 5) is 31.5. The topological polar surface area (TPSA) is 62.3 Å². The maximum atomic E-state index is 13.0. The maximum Gasteiger partial charge on any atom is 0.257 e. The molecule has 2 amide bonds. The fourth-order valence-electron chi connectivity index (χ4n) is 3.95. The van der Waals surface area contributed by atoms with Crippen LogP contribution in [0.1, 0.15) is 36.0 Å². The Labute approximate surface area is 167 Å². The van der Waals surface area contributed by atoms with Crippen molar-refractivity contribution in [3.8, 4) is 11.5 Å². The number of benzene rings is 1. The second-order valence-electron chi connectivity index (χ2n) is 7.40. The first-order chi connectivity index (χ1) is 13.6. The summed E-state index contributed by atoms with van der Waals surface area (Å²) in [5, 5.41) is 0. The van der Waals surface area contributed by atoms with E-state index >= 15 is 0 Å². The van der Waals surface area contributed by atoms with Crippen LogP contribution in [0.2, 0.25) is 0 Å². The van der Waals surface area contributed by atoms with Crippen LogP contribution in [0.5, 0.6) is 11.5 Å². The smallest absolute Gasteiger partial charge is 0.257 e. The number of amides is 2. The van der Waals surface area contributed by atoms with Crippen molar-refractivity contribution in [1.29, 1.82) is 0 Å². The van der Waals surface area contributed by atoms with Crippen molar-refractivity contribution in [3.63, 3.8) is 0 Å². The third kappa shape index (κ3) is 4.76. The van der Waals surface area contributed by atoms with Crippen LogP contribution < -0.4 is 9.47 Å².